The average molecular weight is 996 g/mol. The summed E-state index contributed by atoms with van der Waals surface area (Å²) in [7, 11) is 0. The van der Waals surface area contributed by atoms with Gasteiger partial charge in [-0.25, -0.2) is 0 Å². The maximum Gasteiger partial charge on any atom is 0.306 e. The minimum atomic E-state index is -0.802. The number of hydrogen-bond donors (Lipinski definition) is 0. The van der Waals surface area contributed by atoms with E-state index in [-0.39, 0.29) is 31.1 Å². The molecule has 0 N–H and O–H groups in total. The van der Waals surface area contributed by atoms with Crippen molar-refractivity contribution in [2.75, 3.05) is 13.2 Å². The van der Waals surface area contributed by atoms with Gasteiger partial charge in [0, 0.05) is 19.3 Å². The summed E-state index contributed by atoms with van der Waals surface area (Å²) in [5, 5.41) is 0. The quantitative estimate of drug-likeness (QED) is 0.0261. The first kappa shape index (κ1) is 67.5. The Morgan fingerprint density at radius 3 is 0.861 bits per heavy atom. The van der Waals surface area contributed by atoms with Crippen molar-refractivity contribution in [1.29, 1.82) is 0 Å². The lowest BCUT2D eigenvalue weighted by Crippen LogP contribution is -2.30. The second-order valence-electron chi connectivity index (χ2n) is 18.8. The van der Waals surface area contributed by atoms with Gasteiger partial charge in [0.05, 0.1) is 0 Å². The molecular weight excluding hydrogens is 889 g/mol. The molecule has 0 aliphatic carbocycles. The molecule has 0 radical (unpaired) electrons. The second kappa shape index (κ2) is 59.1. The van der Waals surface area contributed by atoms with E-state index in [4.69, 9.17) is 14.2 Å². The zero-order chi connectivity index (χ0) is 52.2. The van der Waals surface area contributed by atoms with Crippen molar-refractivity contribution in [3.63, 3.8) is 0 Å². The van der Waals surface area contributed by atoms with Crippen molar-refractivity contribution in [2.24, 2.45) is 0 Å². The Balaban J connectivity index is 4.39. The van der Waals surface area contributed by atoms with Gasteiger partial charge in [0.2, 0.25) is 0 Å². The van der Waals surface area contributed by atoms with Crippen molar-refractivity contribution in [1.82, 2.24) is 0 Å². The van der Waals surface area contributed by atoms with Gasteiger partial charge in [-0.05, 0) is 128 Å². The molecule has 0 saturated carbocycles. The van der Waals surface area contributed by atoms with Gasteiger partial charge in [-0.1, -0.05) is 231 Å². The smallest absolute Gasteiger partial charge is 0.306 e. The maximum absolute atomic E-state index is 12.9. The highest BCUT2D eigenvalue weighted by atomic mass is 16.6. The van der Waals surface area contributed by atoms with Crippen LogP contribution in [0.3, 0.4) is 0 Å². The number of allylic oxidation sites excluding steroid dienone is 22. The lowest BCUT2D eigenvalue weighted by molar-refractivity contribution is -0.167. The van der Waals surface area contributed by atoms with Crippen LogP contribution >= 0.6 is 0 Å². The van der Waals surface area contributed by atoms with Crippen LogP contribution in [-0.2, 0) is 28.6 Å². The predicted octanol–water partition coefficient (Wildman–Crippen LogP) is 19.8. The van der Waals surface area contributed by atoms with E-state index < -0.39 is 6.10 Å². The number of rotatable bonds is 51. The lowest BCUT2D eigenvalue weighted by Gasteiger charge is -2.18. The van der Waals surface area contributed by atoms with Crippen LogP contribution in [0.5, 0.6) is 0 Å². The molecule has 0 saturated heterocycles. The molecule has 0 heterocycles. The Hall–Kier alpha value is -4.45. The van der Waals surface area contributed by atoms with E-state index in [0.29, 0.717) is 19.3 Å². The third-order valence-corrected chi connectivity index (χ3v) is 11.9. The summed E-state index contributed by atoms with van der Waals surface area (Å²) in [5.41, 5.74) is 0. The van der Waals surface area contributed by atoms with Crippen molar-refractivity contribution in [3.05, 3.63) is 134 Å². The fraction of sp³-hybridized carbons (Fsp3) is 0.621. The van der Waals surface area contributed by atoms with Crippen molar-refractivity contribution < 1.29 is 28.6 Å². The van der Waals surface area contributed by atoms with Crippen LogP contribution in [-0.4, -0.2) is 37.2 Å². The molecular formula is C66H106O6. The summed E-state index contributed by atoms with van der Waals surface area (Å²) in [6.45, 7) is 6.31. The summed E-state index contributed by atoms with van der Waals surface area (Å²) < 4.78 is 16.8. The summed E-state index contributed by atoms with van der Waals surface area (Å²) in [4.78, 5) is 38.1. The van der Waals surface area contributed by atoms with E-state index in [1.54, 1.807) is 0 Å². The van der Waals surface area contributed by atoms with E-state index in [9.17, 15) is 14.4 Å². The van der Waals surface area contributed by atoms with Crippen LogP contribution in [0.2, 0.25) is 0 Å². The number of unbranched alkanes of at least 4 members (excludes halogenated alkanes) is 18. The Morgan fingerprint density at radius 1 is 0.292 bits per heavy atom. The molecule has 0 aromatic heterocycles. The fourth-order valence-corrected chi connectivity index (χ4v) is 7.56. The van der Waals surface area contributed by atoms with Crippen LogP contribution in [0.4, 0.5) is 0 Å². The number of ether oxygens (including phenoxy) is 3. The summed E-state index contributed by atoms with van der Waals surface area (Å²) in [5.74, 6) is -0.943. The van der Waals surface area contributed by atoms with E-state index in [1.807, 2.05) is 0 Å². The van der Waals surface area contributed by atoms with Gasteiger partial charge in [0.25, 0.3) is 0 Å². The minimum absolute atomic E-state index is 0.0984. The topological polar surface area (TPSA) is 78.9 Å². The van der Waals surface area contributed by atoms with Gasteiger partial charge < -0.3 is 14.2 Å². The highest BCUT2D eigenvalue weighted by Gasteiger charge is 2.19. The summed E-state index contributed by atoms with van der Waals surface area (Å²) >= 11 is 0. The van der Waals surface area contributed by atoms with E-state index in [0.717, 1.165) is 167 Å². The standard InChI is InChI=1S/C66H106O6/c1-4-7-10-13-16-19-22-24-26-28-30-32-33-35-36-38-40-42-44-47-50-53-56-59-65(68)71-62-63(61-70-64(67)58-55-52-49-46-21-18-15-12-9-6-3)72-66(69)60-57-54-51-48-45-43-41-39-37-34-31-29-27-25-23-20-17-14-11-8-5-2/h7-8,10-12,15-17,19-20,24-27,30-32,34-36,39,41,63H,4-6,9,13-14,18,21-23,28-29,33,37-38,40,42-62H2,1-3H3/b10-7-,11-8-,15-12-,19-16-,20-17-,26-24-,27-25-,32-30-,34-31-,36-35-,41-39-. The molecule has 0 aromatic rings. The SMILES string of the molecule is CC/C=C\C/C=C\C/C=C\C/C=C\C/C=C\CCCCCCCCCC(=O)OCC(COC(=O)CCCCCCC/C=C\CCC)OC(=O)CCCCCCC/C=C\C/C=C\C/C=C\C/C=C\C/C=C\CC. The van der Waals surface area contributed by atoms with Gasteiger partial charge >= 0.3 is 17.9 Å². The Bertz CT molecular complexity index is 1560. The zero-order valence-corrected chi connectivity index (χ0v) is 46.4. The number of hydrogen-bond acceptors (Lipinski definition) is 6. The molecule has 6 nitrogen and oxygen atoms in total. The van der Waals surface area contributed by atoms with E-state index in [2.05, 4.69) is 154 Å². The first-order valence-electron chi connectivity index (χ1n) is 29.2. The molecule has 72 heavy (non-hydrogen) atoms. The minimum Gasteiger partial charge on any atom is -0.462 e. The third kappa shape index (κ3) is 56.5. The second-order valence-corrected chi connectivity index (χ2v) is 18.8. The van der Waals surface area contributed by atoms with Crippen LogP contribution in [0, 0.1) is 0 Å². The molecule has 1 atom stereocenters. The van der Waals surface area contributed by atoms with E-state index in [1.165, 1.54) is 38.5 Å². The number of carbonyl (C=O) groups is 3. The van der Waals surface area contributed by atoms with E-state index >= 15 is 0 Å². The molecule has 0 bridgehead atoms. The van der Waals surface area contributed by atoms with Crippen LogP contribution in [0.15, 0.2) is 134 Å². The van der Waals surface area contributed by atoms with Gasteiger partial charge in [0.15, 0.2) is 6.10 Å². The highest BCUT2D eigenvalue weighted by Crippen LogP contribution is 2.14. The molecule has 0 rings (SSSR count). The number of esters is 3. The fourth-order valence-electron chi connectivity index (χ4n) is 7.56. The first-order chi connectivity index (χ1) is 35.5. The predicted molar refractivity (Wildman–Crippen MR) is 311 cm³/mol. The molecule has 0 aliphatic rings. The normalized spacial score (nSPS) is 13.1. The molecule has 406 valence electrons. The van der Waals surface area contributed by atoms with Gasteiger partial charge in [-0.3, -0.25) is 14.4 Å². The average Bonchev–Trinajstić information content (AvgIpc) is 3.38. The van der Waals surface area contributed by atoms with Crippen molar-refractivity contribution >= 4 is 17.9 Å². The molecule has 0 aromatic carbocycles. The molecule has 6 heteroatoms. The molecule has 0 amide bonds. The third-order valence-electron chi connectivity index (χ3n) is 11.9. The molecule has 1 unspecified atom stereocenters. The van der Waals surface area contributed by atoms with Gasteiger partial charge in [-0.2, -0.15) is 0 Å². The zero-order valence-electron chi connectivity index (χ0n) is 46.4. The number of carbonyl (C=O) groups excluding carboxylic acids is 3. The Labute approximate surface area is 443 Å². The monoisotopic (exact) mass is 995 g/mol. The Morgan fingerprint density at radius 2 is 0.542 bits per heavy atom. The molecule has 0 spiro atoms. The molecule has 0 aliphatic heterocycles. The Kier molecular flexibility index (Phi) is 55.5. The van der Waals surface area contributed by atoms with Crippen LogP contribution in [0.25, 0.3) is 0 Å². The lowest BCUT2D eigenvalue weighted by atomic mass is 10.1. The van der Waals surface area contributed by atoms with Crippen molar-refractivity contribution in [3.8, 4) is 0 Å². The summed E-state index contributed by atoms with van der Waals surface area (Å²) in [6.07, 6.45) is 83.0. The van der Waals surface area contributed by atoms with Gasteiger partial charge in [0.1, 0.15) is 13.2 Å². The summed E-state index contributed by atoms with van der Waals surface area (Å²) in [6, 6.07) is 0. The van der Waals surface area contributed by atoms with Crippen LogP contribution in [0.1, 0.15) is 245 Å². The van der Waals surface area contributed by atoms with Crippen molar-refractivity contribution in [2.45, 2.75) is 252 Å². The van der Waals surface area contributed by atoms with Gasteiger partial charge in [-0.15, -0.1) is 0 Å². The van der Waals surface area contributed by atoms with Crippen LogP contribution < -0.4 is 0 Å². The first-order valence-corrected chi connectivity index (χ1v) is 29.2. The largest absolute Gasteiger partial charge is 0.462 e. The highest BCUT2D eigenvalue weighted by molar-refractivity contribution is 5.71. The molecule has 0 fully saturated rings. The maximum atomic E-state index is 12.9.